The van der Waals surface area contributed by atoms with Crippen LogP contribution >= 0.6 is 0 Å². The van der Waals surface area contributed by atoms with Gasteiger partial charge in [0.25, 0.3) is 0 Å². The van der Waals surface area contributed by atoms with Crippen molar-refractivity contribution in [1.29, 1.82) is 0 Å². The van der Waals surface area contributed by atoms with Crippen LogP contribution in [0.1, 0.15) is 22.5 Å². The van der Waals surface area contributed by atoms with Crippen molar-refractivity contribution in [3.63, 3.8) is 0 Å². The summed E-state index contributed by atoms with van der Waals surface area (Å²) in [4.78, 5) is 31.8. The smallest absolute Gasteiger partial charge is 0.238 e. The summed E-state index contributed by atoms with van der Waals surface area (Å²) in [5, 5.41) is 11.5. The predicted octanol–water partition coefficient (Wildman–Crippen LogP) is 19.2. The molecule has 10 heteroatoms. The van der Waals surface area contributed by atoms with Gasteiger partial charge in [0, 0.05) is 72.4 Å². The van der Waals surface area contributed by atoms with Crippen molar-refractivity contribution in [2.24, 2.45) is 0 Å². The normalized spacial score (nSPS) is 12.3. The molecule has 0 amide bonds. The SMILES string of the molecule is C1=Cc2c(c3ccccc3n2-c2nc(-c3ccc4ccccc4c3)nc(-c3ccc4ccccc4c3)n2)Cc2c1n(-c1cccc(-n3c4ccccc4c4cc5c6ccccc6n(-c6nc(-c7ccccc7)nc(-c7ccccc7)n6)c5cc43)c1)c1ccccc21. The zero-order chi connectivity index (χ0) is 59.7. The molecule has 0 spiro atoms. The highest BCUT2D eigenvalue weighted by molar-refractivity contribution is 6.19. The van der Waals surface area contributed by atoms with Crippen LogP contribution in [-0.2, 0) is 6.42 Å². The van der Waals surface area contributed by atoms with E-state index in [9.17, 15) is 0 Å². The molecule has 0 atom stereocenters. The second-order valence-corrected chi connectivity index (χ2v) is 23.5. The van der Waals surface area contributed by atoms with Crippen LogP contribution in [0.15, 0.2) is 279 Å². The summed E-state index contributed by atoms with van der Waals surface area (Å²) in [5.74, 6) is 3.54. The summed E-state index contributed by atoms with van der Waals surface area (Å²) in [7, 11) is 0. The molecule has 18 aromatic rings. The van der Waals surface area contributed by atoms with Crippen molar-refractivity contribution in [3.8, 4) is 68.8 Å². The van der Waals surface area contributed by atoms with Gasteiger partial charge in [0.05, 0.1) is 44.5 Å². The first kappa shape index (κ1) is 50.7. The van der Waals surface area contributed by atoms with Gasteiger partial charge in [0.2, 0.25) is 11.9 Å². The number of rotatable bonds is 8. The lowest BCUT2D eigenvalue weighted by Gasteiger charge is -2.14. The Balaban J connectivity index is 0.788. The molecule has 0 N–H and O–H groups in total. The van der Waals surface area contributed by atoms with E-state index in [0.717, 1.165) is 121 Å². The Morgan fingerprint density at radius 2 is 0.626 bits per heavy atom. The van der Waals surface area contributed by atoms with Crippen LogP contribution in [0, 0.1) is 0 Å². The minimum Gasteiger partial charge on any atom is -0.309 e. The average Bonchev–Trinajstić information content (AvgIpc) is 1.62. The van der Waals surface area contributed by atoms with Crippen LogP contribution in [0.2, 0.25) is 0 Å². The second kappa shape index (κ2) is 20.1. The maximum absolute atomic E-state index is 5.43. The lowest BCUT2D eigenvalue weighted by Crippen LogP contribution is -2.08. The molecule has 0 aliphatic heterocycles. The van der Waals surface area contributed by atoms with Gasteiger partial charge in [-0.1, -0.05) is 212 Å². The fourth-order valence-electron chi connectivity index (χ4n) is 14.2. The van der Waals surface area contributed by atoms with E-state index in [1.165, 1.54) is 21.9 Å². The van der Waals surface area contributed by atoms with Crippen LogP contribution in [0.5, 0.6) is 0 Å². The number of nitrogens with zero attached hydrogens (tertiary/aromatic N) is 10. The van der Waals surface area contributed by atoms with Crippen LogP contribution in [0.25, 0.3) is 168 Å². The van der Waals surface area contributed by atoms with Gasteiger partial charge in [0.15, 0.2) is 23.3 Å². The Labute approximate surface area is 521 Å². The number of benzene rings is 12. The van der Waals surface area contributed by atoms with Gasteiger partial charge in [-0.15, -0.1) is 0 Å². The molecule has 1 aliphatic carbocycles. The van der Waals surface area contributed by atoms with E-state index in [1.807, 2.05) is 36.4 Å². The molecule has 0 fully saturated rings. The molecule has 10 nitrogen and oxygen atoms in total. The molecule has 12 aromatic carbocycles. The number of hydrogen-bond donors (Lipinski definition) is 0. The van der Waals surface area contributed by atoms with Crippen LogP contribution in [-0.4, -0.2) is 48.2 Å². The zero-order valence-electron chi connectivity index (χ0n) is 48.9. The van der Waals surface area contributed by atoms with Gasteiger partial charge in [-0.2, -0.15) is 19.9 Å². The fourth-order valence-corrected chi connectivity index (χ4v) is 14.2. The maximum Gasteiger partial charge on any atom is 0.238 e. The van der Waals surface area contributed by atoms with Gasteiger partial charge in [-0.3, -0.25) is 9.13 Å². The van der Waals surface area contributed by atoms with E-state index in [4.69, 9.17) is 29.9 Å². The zero-order valence-corrected chi connectivity index (χ0v) is 48.9. The lowest BCUT2D eigenvalue weighted by molar-refractivity contribution is 0.922. The van der Waals surface area contributed by atoms with E-state index >= 15 is 0 Å². The fraction of sp³-hybridized carbons (Fsp3) is 0.0123. The third kappa shape index (κ3) is 8.06. The first-order chi connectivity index (χ1) is 45.1. The highest BCUT2D eigenvalue weighted by atomic mass is 15.2. The van der Waals surface area contributed by atoms with Gasteiger partial charge in [-0.05, 0) is 112 Å². The van der Waals surface area contributed by atoms with Gasteiger partial charge in [-0.25, -0.2) is 9.97 Å². The molecule has 424 valence electrons. The summed E-state index contributed by atoms with van der Waals surface area (Å²) < 4.78 is 9.34. The quantitative estimate of drug-likeness (QED) is 0.150. The topological polar surface area (TPSA) is 97.1 Å². The molecular formula is C81H50N10. The Morgan fingerprint density at radius 1 is 0.231 bits per heavy atom. The maximum atomic E-state index is 5.43. The van der Waals surface area contributed by atoms with Crippen molar-refractivity contribution < 1.29 is 0 Å². The molecule has 6 aromatic heterocycles. The second-order valence-electron chi connectivity index (χ2n) is 23.5. The predicted molar refractivity (Wildman–Crippen MR) is 370 cm³/mol. The summed E-state index contributed by atoms with van der Waals surface area (Å²) >= 11 is 0. The van der Waals surface area contributed by atoms with Crippen molar-refractivity contribution in [3.05, 3.63) is 302 Å². The first-order valence-corrected chi connectivity index (χ1v) is 30.7. The Bertz CT molecular complexity index is 5910. The molecule has 0 saturated heterocycles. The standard InChI is InChI=1S/C81H50N10/c1-3-22-52(23-4-1)76-82-77(53-24-5-2-6-25-53)85-81(84-76)91-71-37-18-14-33-63(71)67-48-66-62-32-12-16-35-69(62)89(74(66)49-75(67)91)59-29-19-28-58(46-59)88-68-34-15-11-30-60(68)64-47-65-61-31-13-17-36-70(61)90(73(65)43-42-72(64)88)80-86-78(56-40-38-50-20-7-9-26-54(50)44-56)83-79(87-80)57-41-39-51-21-8-10-27-55(51)45-57/h1-46,48-49H,47H2. The van der Waals surface area contributed by atoms with Crippen LogP contribution < -0.4 is 0 Å². The molecule has 6 heterocycles. The minimum absolute atomic E-state index is 0.549. The van der Waals surface area contributed by atoms with E-state index in [2.05, 4.69) is 273 Å². The summed E-state index contributed by atoms with van der Waals surface area (Å²) in [6.07, 6.45) is 5.27. The largest absolute Gasteiger partial charge is 0.309 e. The van der Waals surface area contributed by atoms with Gasteiger partial charge >= 0.3 is 0 Å². The third-order valence-electron chi connectivity index (χ3n) is 18.3. The van der Waals surface area contributed by atoms with Crippen molar-refractivity contribution in [2.45, 2.75) is 6.42 Å². The van der Waals surface area contributed by atoms with E-state index in [0.29, 0.717) is 41.6 Å². The highest BCUT2D eigenvalue weighted by Gasteiger charge is 2.28. The molecule has 0 saturated carbocycles. The molecular weight excluding hydrogens is 1110 g/mol. The molecule has 91 heavy (non-hydrogen) atoms. The highest BCUT2D eigenvalue weighted by Crippen LogP contribution is 2.43. The van der Waals surface area contributed by atoms with Crippen LogP contribution in [0.3, 0.4) is 0 Å². The number of hydrogen-bond acceptors (Lipinski definition) is 6. The monoisotopic (exact) mass is 1160 g/mol. The number of para-hydroxylation sites is 4. The molecule has 0 radical (unpaired) electrons. The molecule has 0 unspecified atom stereocenters. The summed E-state index contributed by atoms with van der Waals surface area (Å²) in [6.45, 7) is 0. The number of fused-ring (bicyclic) bond motifs is 14. The van der Waals surface area contributed by atoms with E-state index in [1.54, 1.807) is 0 Å². The Hall–Kier alpha value is -12.4. The first-order valence-electron chi connectivity index (χ1n) is 30.7. The van der Waals surface area contributed by atoms with Gasteiger partial charge in [0.1, 0.15) is 0 Å². The molecule has 1 aliphatic rings. The lowest BCUT2D eigenvalue weighted by atomic mass is 10.0. The molecule has 0 bridgehead atoms. The minimum atomic E-state index is 0.549. The van der Waals surface area contributed by atoms with Gasteiger partial charge < -0.3 is 9.13 Å². The average molecular weight is 1160 g/mol. The van der Waals surface area contributed by atoms with Crippen molar-refractivity contribution in [2.75, 3.05) is 0 Å². The Kier molecular flexibility index (Phi) is 11.2. The number of aromatic nitrogens is 10. The molecule has 19 rings (SSSR count). The summed E-state index contributed by atoms with van der Waals surface area (Å²) in [5.41, 5.74) is 16.7. The summed E-state index contributed by atoms with van der Waals surface area (Å²) in [6, 6.07) is 98.7. The van der Waals surface area contributed by atoms with Crippen molar-refractivity contribution >= 4 is 99.1 Å². The van der Waals surface area contributed by atoms with E-state index < -0.39 is 0 Å². The van der Waals surface area contributed by atoms with Crippen molar-refractivity contribution in [1.82, 2.24) is 48.2 Å². The third-order valence-corrected chi connectivity index (χ3v) is 18.3. The van der Waals surface area contributed by atoms with E-state index in [-0.39, 0.29) is 0 Å². The Morgan fingerprint density at radius 3 is 1.16 bits per heavy atom. The van der Waals surface area contributed by atoms with Crippen LogP contribution in [0.4, 0.5) is 0 Å².